The van der Waals surface area contributed by atoms with Crippen molar-refractivity contribution in [1.29, 1.82) is 0 Å². The number of aryl methyl sites for hydroxylation is 1. The summed E-state index contributed by atoms with van der Waals surface area (Å²) in [5.41, 5.74) is 1.60. The van der Waals surface area contributed by atoms with Crippen molar-refractivity contribution in [2.75, 3.05) is 0 Å². The molecular weight excluding hydrogens is 364 g/mol. The van der Waals surface area contributed by atoms with Crippen LogP contribution in [0.2, 0.25) is 0 Å². The lowest BCUT2D eigenvalue weighted by Gasteiger charge is -2.33. The van der Waals surface area contributed by atoms with E-state index in [1.165, 1.54) is 0 Å². The lowest BCUT2D eigenvalue weighted by atomic mass is 9.67. The van der Waals surface area contributed by atoms with Gasteiger partial charge in [0.2, 0.25) is 0 Å². The molecular formula is C25H14O4. The second-order valence-corrected chi connectivity index (χ2v) is 7.63. The molecule has 0 N–H and O–H groups in total. The molecule has 0 amide bonds. The van der Waals surface area contributed by atoms with Crippen LogP contribution < -0.4 is 4.74 Å². The summed E-state index contributed by atoms with van der Waals surface area (Å²) in [6.45, 7) is 1.92. The number of fused-ring (bicyclic) bond motifs is 6. The number of rotatable bonds is 0. The molecule has 4 nitrogen and oxygen atoms in total. The smallest absolute Gasteiger partial charge is 0.195 e. The van der Waals surface area contributed by atoms with Crippen LogP contribution in [0.25, 0.3) is 5.76 Å². The van der Waals surface area contributed by atoms with Crippen LogP contribution in [-0.2, 0) is 5.41 Å². The first-order chi connectivity index (χ1) is 14.0. The molecule has 138 valence electrons. The van der Waals surface area contributed by atoms with Gasteiger partial charge in [-0.15, -0.1) is 0 Å². The summed E-state index contributed by atoms with van der Waals surface area (Å²) in [6, 6.07) is 19.3. The van der Waals surface area contributed by atoms with Gasteiger partial charge < -0.3 is 4.74 Å². The first-order valence-electron chi connectivity index (χ1n) is 9.41. The molecule has 3 aliphatic rings. The van der Waals surface area contributed by atoms with Crippen molar-refractivity contribution in [2.24, 2.45) is 0 Å². The molecule has 2 aliphatic carbocycles. The maximum absolute atomic E-state index is 13.8. The minimum Gasteiger partial charge on any atom is -0.456 e. The fraction of sp³-hybridized carbons (Fsp3) is 0.0800. The van der Waals surface area contributed by atoms with Crippen LogP contribution in [0.5, 0.6) is 5.75 Å². The van der Waals surface area contributed by atoms with Gasteiger partial charge in [0.05, 0.1) is 5.57 Å². The molecule has 4 heteroatoms. The summed E-state index contributed by atoms with van der Waals surface area (Å²) in [7, 11) is 0. The molecule has 1 heterocycles. The molecule has 3 aromatic carbocycles. The monoisotopic (exact) mass is 378 g/mol. The van der Waals surface area contributed by atoms with E-state index in [4.69, 9.17) is 4.74 Å². The molecule has 6 rings (SSSR count). The van der Waals surface area contributed by atoms with Crippen LogP contribution in [0.4, 0.5) is 0 Å². The third-order valence-electron chi connectivity index (χ3n) is 6.10. The summed E-state index contributed by atoms with van der Waals surface area (Å²) in [5, 5.41) is 0. The third-order valence-corrected chi connectivity index (χ3v) is 6.10. The van der Waals surface area contributed by atoms with Crippen molar-refractivity contribution >= 4 is 23.1 Å². The number of carbonyl (C=O) groups is 3. The van der Waals surface area contributed by atoms with E-state index in [9.17, 15) is 14.4 Å². The first kappa shape index (κ1) is 16.2. The van der Waals surface area contributed by atoms with E-state index in [1.807, 2.05) is 25.1 Å². The predicted octanol–water partition coefficient (Wildman–Crippen LogP) is 4.31. The fourth-order valence-corrected chi connectivity index (χ4v) is 4.82. The Bertz CT molecular complexity index is 1310. The van der Waals surface area contributed by atoms with Crippen LogP contribution in [0.15, 0.2) is 72.3 Å². The number of ether oxygens (including phenoxy) is 1. The van der Waals surface area contributed by atoms with Crippen molar-refractivity contribution < 1.29 is 19.1 Å². The Kier molecular flexibility index (Phi) is 2.89. The van der Waals surface area contributed by atoms with Crippen LogP contribution in [0.1, 0.15) is 47.8 Å². The van der Waals surface area contributed by atoms with E-state index >= 15 is 0 Å². The Hall–Kier alpha value is -3.79. The molecule has 1 spiro atoms. The van der Waals surface area contributed by atoms with Gasteiger partial charge in [0.15, 0.2) is 22.8 Å². The van der Waals surface area contributed by atoms with Gasteiger partial charge in [0.25, 0.3) is 0 Å². The number of benzene rings is 3. The molecule has 3 aromatic rings. The summed E-state index contributed by atoms with van der Waals surface area (Å²) in [5.74, 6) is -0.280. The molecule has 0 atom stereocenters. The van der Waals surface area contributed by atoms with Crippen LogP contribution in [0.3, 0.4) is 0 Å². The summed E-state index contributed by atoms with van der Waals surface area (Å²) < 4.78 is 6.17. The van der Waals surface area contributed by atoms with Crippen molar-refractivity contribution in [1.82, 2.24) is 0 Å². The van der Waals surface area contributed by atoms with E-state index in [0.717, 1.165) is 5.56 Å². The minimum absolute atomic E-state index is 0.140. The van der Waals surface area contributed by atoms with Gasteiger partial charge in [0, 0.05) is 27.8 Å². The average Bonchev–Trinajstić information content (AvgIpc) is 3.14. The SMILES string of the molecule is Cc1ccc2c(c1)OC1=C(C(=O)c3ccccc31)C21C(=O)c2ccccc2C1=O. The molecule has 0 bridgehead atoms. The summed E-state index contributed by atoms with van der Waals surface area (Å²) >= 11 is 0. The van der Waals surface area contributed by atoms with E-state index in [1.54, 1.807) is 48.5 Å². The van der Waals surface area contributed by atoms with Gasteiger partial charge in [-0.1, -0.05) is 60.7 Å². The van der Waals surface area contributed by atoms with Gasteiger partial charge in [-0.05, 0) is 18.6 Å². The van der Waals surface area contributed by atoms with E-state index in [-0.39, 0.29) is 22.9 Å². The number of allylic oxidation sites excluding steroid dienone is 1. The van der Waals surface area contributed by atoms with Crippen LogP contribution >= 0.6 is 0 Å². The Labute approximate surface area is 166 Å². The largest absolute Gasteiger partial charge is 0.456 e. The van der Waals surface area contributed by atoms with Crippen molar-refractivity contribution in [3.63, 3.8) is 0 Å². The highest BCUT2D eigenvalue weighted by Gasteiger charge is 2.63. The van der Waals surface area contributed by atoms with Crippen LogP contribution in [-0.4, -0.2) is 17.3 Å². The molecule has 0 saturated heterocycles. The number of ketones is 3. The quantitative estimate of drug-likeness (QED) is 0.547. The highest BCUT2D eigenvalue weighted by molar-refractivity contribution is 6.41. The standard InChI is InChI=1S/C25H14O4/c1-13-10-11-18-19(12-13)29-22-15-7-3-2-6-14(15)21(26)20(22)25(18)23(27)16-8-4-5-9-17(16)24(25)28/h2-12H,1H3. The van der Waals surface area contributed by atoms with Crippen molar-refractivity contribution in [3.8, 4) is 5.75 Å². The highest BCUT2D eigenvalue weighted by atomic mass is 16.5. The second kappa shape index (κ2) is 5.17. The fourth-order valence-electron chi connectivity index (χ4n) is 4.82. The van der Waals surface area contributed by atoms with Gasteiger partial charge in [0.1, 0.15) is 11.5 Å². The summed E-state index contributed by atoms with van der Waals surface area (Å²) in [4.78, 5) is 41.1. The molecule has 0 aromatic heterocycles. The van der Waals surface area contributed by atoms with Crippen molar-refractivity contribution in [2.45, 2.75) is 12.3 Å². The zero-order chi connectivity index (χ0) is 19.9. The Balaban J connectivity index is 1.76. The Morgan fingerprint density at radius 3 is 1.97 bits per heavy atom. The maximum Gasteiger partial charge on any atom is 0.195 e. The lowest BCUT2D eigenvalue weighted by Crippen LogP contribution is -2.44. The Morgan fingerprint density at radius 2 is 1.31 bits per heavy atom. The normalized spacial score (nSPS) is 17.8. The molecule has 1 aliphatic heterocycles. The molecule has 29 heavy (non-hydrogen) atoms. The Morgan fingerprint density at radius 1 is 0.724 bits per heavy atom. The number of hydrogen-bond donors (Lipinski definition) is 0. The number of carbonyl (C=O) groups excluding carboxylic acids is 3. The van der Waals surface area contributed by atoms with E-state index in [2.05, 4.69) is 0 Å². The molecule has 0 fully saturated rings. The lowest BCUT2D eigenvalue weighted by molar-refractivity contribution is 0.0794. The zero-order valence-corrected chi connectivity index (χ0v) is 15.5. The number of Topliss-reactive ketones (excluding diaryl/α,β-unsaturated/α-hetero) is 3. The van der Waals surface area contributed by atoms with Gasteiger partial charge in [-0.3, -0.25) is 14.4 Å². The number of hydrogen-bond acceptors (Lipinski definition) is 4. The minimum atomic E-state index is -1.70. The predicted molar refractivity (Wildman–Crippen MR) is 106 cm³/mol. The topological polar surface area (TPSA) is 60.4 Å². The van der Waals surface area contributed by atoms with Crippen LogP contribution in [0, 0.1) is 6.92 Å². The second-order valence-electron chi connectivity index (χ2n) is 7.63. The van der Waals surface area contributed by atoms with Gasteiger partial charge in [-0.25, -0.2) is 0 Å². The van der Waals surface area contributed by atoms with Crippen molar-refractivity contribution in [3.05, 3.63) is 106 Å². The maximum atomic E-state index is 13.8. The first-order valence-corrected chi connectivity index (χ1v) is 9.41. The average molecular weight is 378 g/mol. The summed E-state index contributed by atoms with van der Waals surface area (Å²) in [6.07, 6.45) is 0. The zero-order valence-electron chi connectivity index (χ0n) is 15.5. The molecule has 0 radical (unpaired) electrons. The molecule has 0 saturated carbocycles. The molecule has 0 unspecified atom stereocenters. The third kappa shape index (κ3) is 1.72. The van der Waals surface area contributed by atoms with E-state index < -0.39 is 5.41 Å². The van der Waals surface area contributed by atoms with E-state index in [0.29, 0.717) is 39.3 Å². The highest BCUT2D eigenvalue weighted by Crippen LogP contribution is 2.56. The van der Waals surface area contributed by atoms with Gasteiger partial charge >= 0.3 is 0 Å². The van der Waals surface area contributed by atoms with Gasteiger partial charge in [-0.2, -0.15) is 0 Å².